The Hall–Kier alpha value is -1.72. The fourth-order valence-electron chi connectivity index (χ4n) is 1.59. The summed E-state index contributed by atoms with van der Waals surface area (Å²) in [6.07, 6.45) is -4.37. The monoisotopic (exact) mass is 262 g/mol. The van der Waals surface area contributed by atoms with Crippen LogP contribution in [0.4, 0.5) is 13.2 Å². The number of carboxylic acid groups (broad SMARTS) is 1. The standard InChI is InChI=1S/C12H13F3O3/c1-18-9-6-5-8(3-2-4-11(16)17)10(7-9)12(13,14)15/h5-7H,2-4H2,1H3,(H,16,17). The summed E-state index contributed by atoms with van der Waals surface area (Å²) in [4.78, 5) is 10.3. The SMILES string of the molecule is COc1ccc(CCCC(=O)O)c(C(F)(F)F)c1. The molecule has 0 amide bonds. The molecule has 0 heterocycles. The minimum absolute atomic E-state index is 0.0745. The lowest BCUT2D eigenvalue weighted by atomic mass is 10.0. The van der Waals surface area contributed by atoms with Crippen LogP contribution in [-0.4, -0.2) is 18.2 Å². The van der Waals surface area contributed by atoms with Crippen molar-refractivity contribution in [1.29, 1.82) is 0 Å². The topological polar surface area (TPSA) is 46.5 Å². The van der Waals surface area contributed by atoms with E-state index in [4.69, 9.17) is 9.84 Å². The summed E-state index contributed by atoms with van der Waals surface area (Å²) in [5.41, 5.74) is -0.684. The van der Waals surface area contributed by atoms with Gasteiger partial charge >= 0.3 is 12.1 Å². The van der Waals surface area contributed by atoms with Gasteiger partial charge in [0.2, 0.25) is 0 Å². The third kappa shape index (κ3) is 3.94. The maximum Gasteiger partial charge on any atom is 0.416 e. The summed E-state index contributed by atoms with van der Waals surface area (Å²) in [6.45, 7) is 0. The highest BCUT2D eigenvalue weighted by Crippen LogP contribution is 2.35. The molecule has 1 N–H and O–H groups in total. The normalized spacial score (nSPS) is 11.3. The van der Waals surface area contributed by atoms with Crippen LogP contribution < -0.4 is 4.74 Å². The van der Waals surface area contributed by atoms with E-state index in [0.29, 0.717) is 0 Å². The molecule has 0 radical (unpaired) electrons. The maximum absolute atomic E-state index is 12.8. The van der Waals surface area contributed by atoms with Crippen molar-refractivity contribution in [2.45, 2.75) is 25.4 Å². The van der Waals surface area contributed by atoms with Crippen molar-refractivity contribution >= 4 is 5.97 Å². The molecule has 0 aliphatic carbocycles. The zero-order valence-corrected chi connectivity index (χ0v) is 9.75. The number of aryl methyl sites for hydroxylation is 1. The Morgan fingerprint density at radius 1 is 1.39 bits per heavy atom. The van der Waals surface area contributed by atoms with Gasteiger partial charge in [-0.25, -0.2) is 0 Å². The smallest absolute Gasteiger partial charge is 0.416 e. The molecule has 0 aromatic heterocycles. The minimum Gasteiger partial charge on any atom is -0.497 e. The van der Waals surface area contributed by atoms with Gasteiger partial charge in [-0.1, -0.05) is 6.07 Å². The predicted octanol–water partition coefficient (Wildman–Crippen LogP) is 3.12. The first-order chi connectivity index (χ1) is 8.34. The molecule has 0 spiro atoms. The lowest BCUT2D eigenvalue weighted by Gasteiger charge is -2.13. The summed E-state index contributed by atoms with van der Waals surface area (Å²) in [5, 5.41) is 8.46. The summed E-state index contributed by atoms with van der Waals surface area (Å²) < 4.78 is 43.1. The zero-order chi connectivity index (χ0) is 13.8. The molecule has 1 aromatic carbocycles. The predicted molar refractivity (Wildman–Crippen MR) is 58.6 cm³/mol. The molecule has 1 rings (SSSR count). The number of carboxylic acids is 1. The first kappa shape index (κ1) is 14.3. The number of alkyl halides is 3. The molecule has 0 aliphatic rings. The van der Waals surface area contributed by atoms with Gasteiger partial charge in [0.15, 0.2) is 0 Å². The molecule has 0 fully saturated rings. The van der Waals surface area contributed by atoms with Crippen LogP contribution in [0.1, 0.15) is 24.0 Å². The van der Waals surface area contributed by atoms with Crippen molar-refractivity contribution in [2.24, 2.45) is 0 Å². The van der Waals surface area contributed by atoms with Gasteiger partial charge < -0.3 is 9.84 Å². The highest BCUT2D eigenvalue weighted by Gasteiger charge is 2.33. The molecule has 0 aliphatic heterocycles. The van der Waals surface area contributed by atoms with Crippen LogP contribution in [0.2, 0.25) is 0 Å². The molecule has 0 bridgehead atoms. The van der Waals surface area contributed by atoms with Crippen LogP contribution >= 0.6 is 0 Å². The number of rotatable bonds is 5. The third-order valence-electron chi connectivity index (χ3n) is 2.46. The number of carbonyl (C=O) groups is 1. The maximum atomic E-state index is 12.8. The van der Waals surface area contributed by atoms with Gasteiger partial charge in [-0.3, -0.25) is 4.79 Å². The Morgan fingerprint density at radius 3 is 2.56 bits per heavy atom. The van der Waals surface area contributed by atoms with Crippen molar-refractivity contribution in [3.63, 3.8) is 0 Å². The molecule has 3 nitrogen and oxygen atoms in total. The number of hydrogen-bond acceptors (Lipinski definition) is 2. The number of hydrogen-bond donors (Lipinski definition) is 1. The van der Waals surface area contributed by atoms with Crippen LogP contribution in [0.5, 0.6) is 5.75 Å². The first-order valence-corrected chi connectivity index (χ1v) is 5.30. The van der Waals surface area contributed by atoms with Crippen LogP contribution in [0.3, 0.4) is 0 Å². The summed E-state index contributed by atoms with van der Waals surface area (Å²) >= 11 is 0. The van der Waals surface area contributed by atoms with E-state index in [9.17, 15) is 18.0 Å². The van der Waals surface area contributed by atoms with Crippen LogP contribution in [-0.2, 0) is 17.4 Å². The number of ether oxygens (including phenoxy) is 1. The highest BCUT2D eigenvalue weighted by atomic mass is 19.4. The molecule has 18 heavy (non-hydrogen) atoms. The van der Waals surface area contributed by atoms with Gasteiger partial charge in [0.1, 0.15) is 5.75 Å². The lowest BCUT2D eigenvalue weighted by molar-refractivity contribution is -0.138. The molecule has 0 atom stereocenters. The van der Waals surface area contributed by atoms with Gasteiger partial charge in [-0.15, -0.1) is 0 Å². The van der Waals surface area contributed by atoms with Gasteiger partial charge in [-0.2, -0.15) is 13.2 Å². The van der Waals surface area contributed by atoms with E-state index in [1.54, 1.807) is 0 Å². The van der Waals surface area contributed by atoms with Gasteiger partial charge in [0.25, 0.3) is 0 Å². The van der Waals surface area contributed by atoms with Gasteiger partial charge in [-0.05, 0) is 30.5 Å². The average molecular weight is 262 g/mol. The fourth-order valence-corrected chi connectivity index (χ4v) is 1.59. The third-order valence-corrected chi connectivity index (χ3v) is 2.46. The van der Waals surface area contributed by atoms with E-state index in [1.807, 2.05) is 0 Å². The van der Waals surface area contributed by atoms with E-state index in [0.717, 1.165) is 6.07 Å². The van der Waals surface area contributed by atoms with Gasteiger partial charge in [0.05, 0.1) is 12.7 Å². The number of aliphatic carboxylic acids is 1. The van der Waals surface area contributed by atoms with Crippen molar-refractivity contribution in [3.8, 4) is 5.75 Å². The van der Waals surface area contributed by atoms with Gasteiger partial charge in [0, 0.05) is 6.42 Å². The van der Waals surface area contributed by atoms with E-state index in [2.05, 4.69) is 0 Å². The molecule has 1 aromatic rings. The summed E-state index contributed by atoms with van der Waals surface area (Å²) in [6, 6.07) is 3.69. The Morgan fingerprint density at radius 2 is 2.06 bits per heavy atom. The van der Waals surface area contributed by atoms with Crippen LogP contribution in [0, 0.1) is 0 Å². The summed E-state index contributed by atoms with van der Waals surface area (Å²) in [5.74, 6) is -0.888. The summed E-state index contributed by atoms with van der Waals surface area (Å²) in [7, 11) is 1.29. The Labute approximate surface area is 102 Å². The lowest BCUT2D eigenvalue weighted by Crippen LogP contribution is -2.10. The number of halogens is 3. The molecule has 0 saturated carbocycles. The van der Waals surface area contributed by atoms with Crippen LogP contribution in [0.25, 0.3) is 0 Å². The quantitative estimate of drug-likeness (QED) is 0.886. The second-order valence-corrected chi connectivity index (χ2v) is 3.77. The largest absolute Gasteiger partial charge is 0.497 e. The van der Waals surface area contributed by atoms with E-state index in [-0.39, 0.29) is 30.6 Å². The molecular weight excluding hydrogens is 249 g/mol. The Kier molecular flexibility index (Phi) is 4.58. The first-order valence-electron chi connectivity index (χ1n) is 5.30. The fraction of sp³-hybridized carbons (Fsp3) is 0.417. The molecule has 0 saturated heterocycles. The molecular formula is C12H13F3O3. The Bertz CT molecular complexity index is 427. The minimum atomic E-state index is -4.47. The van der Waals surface area contributed by atoms with Crippen molar-refractivity contribution in [2.75, 3.05) is 7.11 Å². The highest BCUT2D eigenvalue weighted by molar-refractivity contribution is 5.66. The zero-order valence-electron chi connectivity index (χ0n) is 9.75. The number of methoxy groups -OCH3 is 1. The van der Waals surface area contributed by atoms with Crippen LogP contribution in [0.15, 0.2) is 18.2 Å². The second kappa shape index (κ2) is 5.75. The average Bonchev–Trinajstić information content (AvgIpc) is 2.27. The number of benzene rings is 1. The van der Waals surface area contributed by atoms with Crippen molar-refractivity contribution in [1.82, 2.24) is 0 Å². The van der Waals surface area contributed by atoms with E-state index < -0.39 is 17.7 Å². The van der Waals surface area contributed by atoms with Crippen molar-refractivity contribution in [3.05, 3.63) is 29.3 Å². The van der Waals surface area contributed by atoms with E-state index >= 15 is 0 Å². The van der Waals surface area contributed by atoms with Crippen molar-refractivity contribution < 1.29 is 27.8 Å². The molecule has 0 unspecified atom stereocenters. The molecule has 100 valence electrons. The second-order valence-electron chi connectivity index (χ2n) is 3.77. The molecule has 6 heteroatoms. The van der Waals surface area contributed by atoms with E-state index in [1.165, 1.54) is 19.2 Å². The Balaban J connectivity index is 2.92.